The second-order valence-electron chi connectivity index (χ2n) is 4.78. The van der Waals surface area contributed by atoms with Crippen molar-refractivity contribution < 1.29 is 4.79 Å². The molecule has 3 aromatic rings. The first-order valence-corrected chi connectivity index (χ1v) is 7.31. The van der Waals surface area contributed by atoms with E-state index in [4.69, 9.17) is 11.6 Å². The van der Waals surface area contributed by atoms with E-state index in [9.17, 15) is 4.79 Å². The molecule has 23 heavy (non-hydrogen) atoms. The van der Waals surface area contributed by atoms with Gasteiger partial charge in [-0.05, 0) is 30.2 Å². The SMILES string of the molecule is O=C(CCc1ccc(Cl)nc1)Nc1n[nH]c(-c2ccncc2)n1. The van der Waals surface area contributed by atoms with E-state index in [1.165, 1.54) is 0 Å². The van der Waals surface area contributed by atoms with Crippen molar-refractivity contribution in [3.8, 4) is 11.4 Å². The quantitative estimate of drug-likeness (QED) is 0.701. The average molecular weight is 329 g/mol. The Morgan fingerprint density at radius 1 is 1.22 bits per heavy atom. The summed E-state index contributed by atoms with van der Waals surface area (Å²) in [6.07, 6.45) is 5.86. The van der Waals surface area contributed by atoms with Gasteiger partial charge in [0.05, 0.1) is 0 Å². The summed E-state index contributed by atoms with van der Waals surface area (Å²) in [5, 5.41) is 9.85. The van der Waals surface area contributed by atoms with E-state index in [0.29, 0.717) is 23.8 Å². The van der Waals surface area contributed by atoms with Crippen molar-refractivity contribution in [2.45, 2.75) is 12.8 Å². The Kier molecular flexibility index (Phi) is 4.58. The van der Waals surface area contributed by atoms with E-state index in [1.807, 2.05) is 6.07 Å². The summed E-state index contributed by atoms with van der Waals surface area (Å²) in [6.45, 7) is 0. The predicted octanol–water partition coefficient (Wildman–Crippen LogP) is 2.49. The third-order valence-corrected chi connectivity index (χ3v) is 3.34. The van der Waals surface area contributed by atoms with Crippen LogP contribution < -0.4 is 5.32 Å². The first-order valence-electron chi connectivity index (χ1n) is 6.94. The van der Waals surface area contributed by atoms with Gasteiger partial charge in [0.15, 0.2) is 5.82 Å². The number of halogens is 1. The molecule has 0 aliphatic heterocycles. The number of aromatic nitrogens is 5. The number of rotatable bonds is 5. The minimum absolute atomic E-state index is 0.166. The van der Waals surface area contributed by atoms with Crippen LogP contribution in [0.2, 0.25) is 5.15 Å². The van der Waals surface area contributed by atoms with Gasteiger partial charge in [0.2, 0.25) is 11.9 Å². The molecule has 0 bridgehead atoms. The zero-order chi connectivity index (χ0) is 16.1. The van der Waals surface area contributed by atoms with Gasteiger partial charge < -0.3 is 0 Å². The summed E-state index contributed by atoms with van der Waals surface area (Å²) in [4.78, 5) is 24.1. The molecule has 7 nitrogen and oxygen atoms in total. The fourth-order valence-corrected chi connectivity index (χ4v) is 2.07. The highest BCUT2D eigenvalue weighted by Gasteiger charge is 2.09. The minimum Gasteiger partial charge on any atom is -0.293 e. The number of hydrogen-bond donors (Lipinski definition) is 2. The second kappa shape index (κ2) is 6.97. The fraction of sp³-hybridized carbons (Fsp3) is 0.133. The first kappa shape index (κ1) is 15.1. The third-order valence-electron chi connectivity index (χ3n) is 3.12. The number of pyridine rings is 2. The van der Waals surface area contributed by atoms with Crippen molar-refractivity contribution in [2.75, 3.05) is 5.32 Å². The standard InChI is InChI=1S/C15H13ClN6O/c16-12-3-1-10(9-18-12)2-4-13(23)19-15-20-14(21-22-15)11-5-7-17-8-6-11/h1,3,5-9H,2,4H2,(H2,19,20,21,22,23). The van der Waals surface area contributed by atoms with Crippen LogP contribution in [0.25, 0.3) is 11.4 Å². The Morgan fingerprint density at radius 2 is 2.04 bits per heavy atom. The maximum Gasteiger partial charge on any atom is 0.249 e. The molecule has 0 aliphatic carbocycles. The Labute approximate surface area is 137 Å². The van der Waals surface area contributed by atoms with E-state index in [-0.39, 0.29) is 11.9 Å². The van der Waals surface area contributed by atoms with Gasteiger partial charge in [0.25, 0.3) is 0 Å². The molecule has 0 atom stereocenters. The van der Waals surface area contributed by atoms with Crippen molar-refractivity contribution >= 4 is 23.5 Å². The summed E-state index contributed by atoms with van der Waals surface area (Å²) in [6, 6.07) is 7.15. The largest absolute Gasteiger partial charge is 0.293 e. The van der Waals surface area contributed by atoms with Crippen molar-refractivity contribution in [3.05, 3.63) is 53.6 Å². The van der Waals surface area contributed by atoms with Crippen LogP contribution in [0.3, 0.4) is 0 Å². The van der Waals surface area contributed by atoms with Crippen LogP contribution in [0, 0.1) is 0 Å². The molecule has 0 spiro atoms. The second-order valence-corrected chi connectivity index (χ2v) is 5.17. The summed E-state index contributed by atoms with van der Waals surface area (Å²) < 4.78 is 0. The Bertz CT molecular complexity index is 787. The number of hydrogen-bond acceptors (Lipinski definition) is 5. The number of carbonyl (C=O) groups excluding carboxylic acids is 1. The van der Waals surface area contributed by atoms with Gasteiger partial charge in [-0.25, -0.2) is 4.98 Å². The van der Waals surface area contributed by atoms with Crippen molar-refractivity contribution in [3.63, 3.8) is 0 Å². The van der Waals surface area contributed by atoms with Gasteiger partial charge in [-0.2, -0.15) is 4.98 Å². The number of amides is 1. The number of nitrogens with zero attached hydrogens (tertiary/aromatic N) is 4. The molecule has 116 valence electrons. The van der Waals surface area contributed by atoms with E-state index in [0.717, 1.165) is 11.1 Å². The van der Waals surface area contributed by atoms with E-state index < -0.39 is 0 Å². The predicted molar refractivity (Wildman–Crippen MR) is 85.8 cm³/mol. The first-order chi connectivity index (χ1) is 11.2. The Morgan fingerprint density at radius 3 is 2.78 bits per heavy atom. The van der Waals surface area contributed by atoms with Gasteiger partial charge in [-0.3, -0.25) is 20.2 Å². The lowest BCUT2D eigenvalue weighted by Gasteiger charge is -2.01. The topological polar surface area (TPSA) is 96.5 Å². The highest BCUT2D eigenvalue weighted by Crippen LogP contribution is 2.14. The van der Waals surface area contributed by atoms with Crippen LogP contribution in [-0.4, -0.2) is 31.1 Å². The molecule has 0 aromatic carbocycles. The van der Waals surface area contributed by atoms with Crippen LogP contribution in [0.1, 0.15) is 12.0 Å². The molecule has 3 aromatic heterocycles. The lowest BCUT2D eigenvalue weighted by molar-refractivity contribution is -0.116. The summed E-state index contributed by atoms with van der Waals surface area (Å²) in [5.74, 6) is 0.654. The van der Waals surface area contributed by atoms with Gasteiger partial charge in [0, 0.05) is 30.6 Å². The van der Waals surface area contributed by atoms with Crippen molar-refractivity contribution in [1.82, 2.24) is 25.1 Å². The molecular weight excluding hydrogens is 316 g/mol. The normalized spacial score (nSPS) is 10.5. The highest BCUT2D eigenvalue weighted by atomic mass is 35.5. The molecule has 2 N–H and O–H groups in total. The number of nitrogens with one attached hydrogen (secondary N) is 2. The lowest BCUT2D eigenvalue weighted by Crippen LogP contribution is -2.13. The maximum atomic E-state index is 11.9. The Hall–Kier alpha value is -2.80. The molecule has 0 aliphatic rings. The highest BCUT2D eigenvalue weighted by molar-refractivity contribution is 6.29. The fourth-order valence-electron chi connectivity index (χ4n) is 1.96. The molecule has 8 heteroatoms. The Balaban J connectivity index is 1.56. The smallest absolute Gasteiger partial charge is 0.249 e. The number of carbonyl (C=O) groups is 1. The molecule has 3 heterocycles. The van der Waals surface area contributed by atoms with Gasteiger partial charge in [-0.1, -0.05) is 17.7 Å². The molecule has 0 unspecified atom stereocenters. The molecule has 0 saturated carbocycles. The van der Waals surface area contributed by atoms with E-state index in [1.54, 1.807) is 36.8 Å². The maximum absolute atomic E-state index is 11.9. The number of aryl methyl sites for hydroxylation is 1. The van der Waals surface area contributed by atoms with Crippen molar-refractivity contribution in [2.24, 2.45) is 0 Å². The van der Waals surface area contributed by atoms with Gasteiger partial charge in [0.1, 0.15) is 5.15 Å². The molecule has 0 saturated heterocycles. The number of aromatic amines is 1. The molecular formula is C15H13ClN6O. The van der Waals surface area contributed by atoms with Gasteiger partial charge in [-0.15, -0.1) is 5.10 Å². The lowest BCUT2D eigenvalue weighted by atomic mass is 10.1. The van der Waals surface area contributed by atoms with Crippen LogP contribution in [-0.2, 0) is 11.2 Å². The third kappa shape index (κ3) is 4.10. The summed E-state index contributed by atoms with van der Waals surface area (Å²) in [5.41, 5.74) is 1.79. The summed E-state index contributed by atoms with van der Waals surface area (Å²) >= 11 is 5.72. The number of H-pyrrole nitrogens is 1. The van der Waals surface area contributed by atoms with E-state index >= 15 is 0 Å². The van der Waals surface area contributed by atoms with Crippen LogP contribution in [0.5, 0.6) is 0 Å². The number of anilines is 1. The van der Waals surface area contributed by atoms with E-state index in [2.05, 4.69) is 30.5 Å². The van der Waals surface area contributed by atoms with Crippen LogP contribution in [0.4, 0.5) is 5.95 Å². The van der Waals surface area contributed by atoms with Crippen LogP contribution >= 0.6 is 11.6 Å². The van der Waals surface area contributed by atoms with Gasteiger partial charge >= 0.3 is 0 Å². The molecule has 3 rings (SSSR count). The molecule has 0 fully saturated rings. The van der Waals surface area contributed by atoms with Crippen LogP contribution in [0.15, 0.2) is 42.9 Å². The zero-order valence-corrected chi connectivity index (χ0v) is 12.8. The molecule has 1 amide bonds. The average Bonchev–Trinajstić information content (AvgIpc) is 3.04. The molecule has 0 radical (unpaired) electrons. The minimum atomic E-state index is -0.166. The monoisotopic (exact) mass is 328 g/mol. The summed E-state index contributed by atoms with van der Waals surface area (Å²) in [7, 11) is 0. The zero-order valence-electron chi connectivity index (χ0n) is 12.0. The van der Waals surface area contributed by atoms with Crippen molar-refractivity contribution in [1.29, 1.82) is 0 Å².